The normalized spacial score (nSPS) is 10.8. The Morgan fingerprint density at radius 2 is 1.88 bits per heavy atom. The quantitative estimate of drug-likeness (QED) is 0.819. The number of nitriles is 1. The summed E-state index contributed by atoms with van der Waals surface area (Å²) in [6, 6.07) is 13.7. The minimum absolute atomic E-state index is 0.282. The summed E-state index contributed by atoms with van der Waals surface area (Å²) in [4.78, 5) is 12.3. The maximum absolute atomic E-state index is 12.3. The maximum Gasteiger partial charge on any atom is 0.245 e. The van der Waals surface area contributed by atoms with Crippen molar-refractivity contribution in [3.05, 3.63) is 58.6 Å². The van der Waals surface area contributed by atoms with Crippen LogP contribution in [-0.4, -0.2) is 27.1 Å². The van der Waals surface area contributed by atoms with E-state index in [1.54, 1.807) is 43.3 Å². The molecule has 0 aliphatic heterocycles. The van der Waals surface area contributed by atoms with Crippen molar-refractivity contribution in [3.63, 3.8) is 0 Å². The van der Waals surface area contributed by atoms with Crippen LogP contribution in [0.2, 0.25) is 5.02 Å². The van der Waals surface area contributed by atoms with Crippen molar-refractivity contribution in [1.82, 2.24) is 0 Å². The van der Waals surface area contributed by atoms with E-state index in [2.05, 4.69) is 5.32 Å². The summed E-state index contributed by atoms with van der Waals surface area (Å²) in [5, 5.41) is 11.7. The minimum atomic E-state index is -3.68. The number of sulfonamides is 1. The summed E-state index contributed by atoms with van der Waals surface area (Å²) in [5.41, 5.74) is 2.40. The third-order valence-electron chi connectivity index (χ3n) is 3.65. The molecular weight excluding hydrogens is 374 g/mol. The molecule has 26 heavy (non-hydrogen) atoms. The van der Waals surface area contributed by atoms with E-state index in [0.717, 1.165) is 16.1 Å². The van der Waals surface area contributed by atoms with Gasteiger partial charge in [-0.1, -0.05) is 29.8 Å². The number of carbonyl (C=O) groups is 1. The van der Waals surface area contributed by atoms with Crippen LogP contribution in [0.5, 0.6) is 0 Å². The lowest BCUT2D eigenvalue weighted by atomic mass is 10.1. The molecule has 0 aliphatic carbocycles. The predicted molar refractivity (Wildman–Crippen MR) is 103 cm³/mol. The first-order valence-electron chi connectivity index (χ1n) is 7.70. The Morgan fingerprint density at radius 3 is 2.46 bits per heavy atom. The smallest absolute Gasteiger partial charge is 0.245 e. The van der Waals surface area contributed by atoms with E-state index in [0.29, 0.717) is 22.0 Å². The van der Waals surface area contributed by atoms with E-state index in [-0.39, 0.29) is 13.0 Å². The number of benzene rings is 2. The molecule has 0 spiro atoms. The Kier molecular flexibility index (Phi) is 6.24. The van der Waals surface area contributed by atoms with Gasteiger partial charge in [-0.25, -0.2) is 8.42 Å². The molecule has 0 aliphatic rings. The average Bonchev–Trinajstić information content (AvgIpc) is 2.56. The van der Waals surface area contributed by atoms with E-state index in [4.69, 9.17) is 16.9 Å². The molecule has 136 valence electrons. The van der Waals surface area contributed by atoms with Gasteiger partial charge in [0, 0.05) is 10.7 Å². The number of hydrogen-bond donors (Lipinski definition) is 1. The molecule has 2 aromatic rings. The summed E-state index contributed by atoms with van der Waals surface area (Å²) >= 11 is 5.97. The zero-order chi connectivity index (χ0) is 19.3. The lowest BCUT2D eigenvalue weighted by Crippen LogP contribution is -2.37. The van der Waals surface area contributed by atoms with Crippen LogP contribution in [0.1, 0.15) is 11.1 Å². The fraction of sp³-hybridized carbons (Fsp3) is 0.222. The molecule has 0 saturated carbocycles. The second kappa shape index (κ2) is 8.21. The molecule has 0 atom stereocenters. The van der Waals surface area contributed by atoms with Crippen LogP contribution >= 0.6 is 11.6 Å². The maximum atomic E-state index is 12.3. The summed E-state index contributed by atoms with van der Waals surface area (Å²) < 4.78 is 25.4. The van der Waals surface area contributed by atoms with Crippen LogP contribution in [0, 0.1) is 18.3 Å². The van der Waals surface area contributed by atoms with Gasteiger partial charge in [-0.3, -0.25) is 9.10 Å². The van der Waals surface area contributed by atoms with Gasteiger partial charge in [-0.2, -0.15) is 5.26 Å². The van der Waals surface area contributed by atoms with E-state index in [1.165, 1.54) is 6.07 Å². The van der Waals surface area contributed by atoms with Gasteiger partial charge >= 0.3 is 0 Å². The zero-order valence-electron chi connectivity index (χ0n) is 14.4. The highest BCUT2D eigenvalue weighted by molar-refractivity contribution is 7.92. The molecule has 0 heterocycles. The van der Waals surface area contributed by atoms with Crippen molar-refractivity contribution in [2.24, 2.45) is 0 Å². The molecule has 0 aromatic heterocycles. The Balaban J connectivity index is 2.20. The van der Waals surface area contributed by atoms with Crippen molar-refractivity contribution in [3.8, 4) is 6.07 Å². The van der Waals surface area contributed by atoms with Crippen molar-refractivity contribution in [2.75, 3.05) is 22.4 Å². The Morgan fingerprint density at radius 1 is 1.23 bits per heavy atom. The molecule has 2 aromatic carbocycles. The molecule has 8 heteroatoms. The van der Waals surface area contributed by atoms with Crippen molar-refractivity contribution in [1.29, 1.82) is 5.26 Å². The number of rotatable bonds is 6. The van der Waals surface area contributed by atoms with Crippen LogP contribution in [0.4, 0.5) is 11.4 Å². The molecule has 0 bridgehead atoms. The molecule has 1 N–H and O–H groups in total. The zero-order valence-corrected chi connectivity index (χ0v) is 15.9. The fourth-order valence-corrected chi connectivity index (χ4v) is 3.43. The Labute approximate surface area is 158 Å². The second-order valence-electron chi connectivity index (χ2n) is 5.78. The number of carbonyl (C=O) groups excluding carboxylic acids is 1. The minimum Gasteiger partial charge on any atom is -0.325 e. The predicted octanol–water partition coefficient (Wildman–Crippen LogP) is 3.12. The standard InChI is InChI=1S/C18H18ClN3O3S/c1-13-3-6-15(19)11-17(13)22(26(2,24)25)12-18(23)21-16-7-4-14(5-8-16)9-10-20/h3-8,11H,9,12H2,1-2H3,(H,21,23). The van der Waals surface area contributed by atoms with E-state index in [1.807, 2.05) is 6.07 Å². The topological polar surface area (TPSA) is 90.3 Å². The van der Waals surface area contributed by atoms with Crippen LogP contribution < -0.4 is 9.62 Å². The van der Waals surface area contributed by atoms with Gasteiger partial charge in [0.25, 0.3) is 0 Å². The SMILES string of the molecule is Cc1ccc(Cl)cc1N(CC(=O)Nc1ccc(CC#N)cc1)S(C)(=O)=O. The number of hydrogen-bond acceptors (Lipinski definition) is 4. The van der Waals surface area contributed by atoms with E-state index < -0.39 is 15.9 Å². The van der Waals surface area contributed by atoms with Gasteiger partial charge in [0.2, 0.25) is 15.9 Å². The highest BCUT2D eigenvalue weighted by atomic mass is 35.5. The molecule has 1 amide bonds. The number of anilines is 2. The monoisotopic (exact) mass is 391 g/mol. The number of nitrogens with one attached hydrogen (secondary N) is 1. The molecule has 6 nitrogen and oxygen atoms in total. The van der Waals surface area contributed by atoms with Crippen LogP contribution in [0.15, 0.2) is 42.5 Å². The fourth-order valence-electron chi connectivity index (χ4n) is 2.36. The highest BCUT2D eigenvalue weighted by Crippen LogP contribution is 2.26. The largest absolute Gasteiger partial charge is 0.325 e. The number of amides is 1. The average molecular weight is 392 g/mol. The Hall–Kier alpha value is -2.56. The highest BCUT2D eigenvalue weighted by Gasteiger charge is 2.22. The summed E-state index contributed by atoms with van der Waals surface area (Å²) in [7, 11) is -3.68. The van der Waals surface area contributed by atoms with Crippen LogP contribution in [-0.2, 0) is 21.2 Å². The summed E-state index contributed by atoms with van der Waals surface area (Å²) in [6.07, 6.45) is 1.32. The van der Waals surface area contributed by atoms with Gasteiger partial charge in [0.1, 0.15) is 6.54 Å². The van der Waals surface area contributed by atoms with Crippen LogP contribution in [0.25, 0.3) is 0 Å². The van der Waals surface area contributed by atoms with Gasteiger partial charge in [-0.15, -0.1) is 0 Å². The summed E-state index contributed by atoms with van der Waals surface area (Å²) in [5.74, 6) is -0.483. The second-order valence-corrected chi connectivity index (χ2v) is 8.12. The summed E-state index contributed by atoms with van der Waals surface area (Å²) in [6.45, 7) is 1.37. The number of halogens is 1. The van der Waals surface area contributed by atoms with Gasteiger partial charge in [0.15, 0.2) is 0 Å². The lowest BCUT2D eigenvalue weighted by molar-refractivity contribution is -0.114. The Bertz CT molecular complexity index is 951. The molecule has 0 fully saturated rings. The molecule has 2 rings (SSSR count). The molecule has 0 radical (unpaired) electrons. The molecule has 0 saturated heterocycles. The molecule has 0 unspecified atom stereocenters. The van der Waals surface area contributed by atoms with Crippen molar-refractivity contribution < 1.29 is 13.2 Å². The third-order valence-corrected chi connectivity index (χ3v) is 5.01. The van der Waals surface area contributed by atoms with Crippen LogP contribution in [0.3, 0.4) is 0 Å². The first-order chi connectivity index (χ1) is 12.2. The lowest BCUT2D eigenvalue weighted by Gasteiger charge is -2.23. The van der Waals surface area contributed by atoms with Crippen molar-refractivity contribution in [2.45, 2.75) is 13.3 Å². The third kappa shape index (κ3) is 5.22. The molecular formula is C18H18ClN3O3S. The van der Waals surface area contributed by atoms with Gasteiger partial charge in [0.05, 0.1) is 24.4 Å². The number of aryl methyl sites for hydroxylation is 1. The van der Waals surface area contributed by atoms with E-state index >= 15 is 0 Å². The first-order valence-corrected chi connectivity index (χ1v) is 9.93. The van der Waals surface area contributed by atoms with Gasteiger partial charge in [-0.05, 0) is 42.3 Å². The van der Waals surface area contributed by atoms with Crippen molar-refractivity contribution >= 4 is 38.9 Å². The van der Waals surface area contributed by atoms with E-state index in [9.17, 15) is 13.2 Å². The first kappa shape index (κ1) is 19.8. The number of nitrogens with zero attached hydrogens (tertiary/aromatic N) is 2. The van der Waals surface area contributed by atoms with Gasteiger partial charge < -0.3 is 5.32 Å².